The third kappa shape index (κ3) is 3.50. The third-order valence-corrected chi connectivity index (χ3v) is 4.93. The lowest BCUT2D eigenvalue weighted by Gasteiger charge is -2.24. The van der Waals surface area contributed by atoms with E-state index in [9.17, 15) is 26.7 Å². The van der Waals surface area contributed by atoms with Crippen LogP contribution in [0.5, 0.6) is 5.75 Å². The lowest BCUT2D eigenvalue weighted by atomic mass is 9.81. The van der Waals surface area contributed by atoms with Crippen molar-refractivity contribution in [3.8, 4) is 5.75 Å². The van der Waals surface area contributed by atoms with E-state index in [1.54, 1.807) is 6.92 Å². The van der Waals surface area contributed by atoms with E-state index in [0.29, 0.717) is 5.69 Å². The summed E-state index contributed by atoms with van der Waals surface area (Å²) in [6.07, 6.45) is -8.06. The molecular formula is C19H18F5NO3. The van der Waals surface area contributed by atoms with Crippen LogP contribution in [0.3, 0.4) is 0 Å². The number of nitrogens with one attached hydrogen (secondary N) is 1. The number of hydrogen-bond acceptors (Lipinski definition) is 3. The number of pyridine rings is 1. The van der Waals surface area contributed by atoms with E-state index in [1.807, 2.05) is 0 Å². The minimum atomic E-state index is -4.68. The fraction of sp³-hybridized carbons (Fsp3) is 0.421. The van der Waals surface area contributed by atoms with E-state index < -0.39 is 53.0 Å². The molecular weight excluding hydrogens is 385 g/mol. The Bertz CT molecular complexity index is 940. The summed E-state index contributed by atoms with van der Waals surface area (Å²) in [5, 5.41) is 0. The first-order valence-corrected chi connectivity index (χ1v) is 8.49. The molecule has 0 aliphatic carbocycles. The van der Waals surface area contributed by atoms with Crippen LogP contribution in [-0.4, -0.2) is 24.4 Å². The standard InChI is InChI=1S/C19H18F5NO3/c1-8-6-10(26)7-13(25-8)17-14(9(2)18(28-17)19(22,23)24)11-4-5-12(20)15(21)16(11)27-3/h4-7,9,14,17-18H,1-3H3,(H,25,26)/t9-,14-,17-,18+/m1/s1. The molecule has 1 saturated heterocycles. The van der Waals surface area contributed by atoms with Crippen LogP contribution in [0, 0.1) is 24.5 Å². The molecule has 1 aromatic heterocycles. The maximum Gasteiger partial charge on any atom is 0.414 e. The second-order valence-corrected chi connectivity index (χ2v) is 6.84. The predicted molar refractivity (Wildman–Crippen MR) is 90.3 cm³/mol. The smallest absolute Gasteiger partial charge is 0.414 e. The summed E-state index contributed by atoms with van der Waals surface area (Å²) < 4.78 is 78.6. The van der Waals surface area contributed by atoms with Crippen molar-refractivity contribution in [3.63, 3.8) is 0 Å². The zero-order valence-corrected chi connectivity index (χ0v) is 15.2. The molecule has 1 aliphatic heterocycles. The minimum absolute atomic E-state index is 0.0352. The van der Waals surface area contributed by atoms with Crippen LogP contribution in [0.15, 0.2) is 29.1 Å². The molecule has 1 N–H and O–H groups in total. The van der Waals surface area contributed by atoms with Crippen molar-refractivity contribution < 1.29 is 31.4 Å². The van der Waals surface area contributed by atoms with E-state index in [2.05, 4.69) is 4.98 Å². The molecule has 152 valence electrons. The van der Waals surface area contributed by atoms with Crippen LogP contribution in [-0.2, 0) is 4.74 Å². The maximum absolute atomic E-state index is 14.2. The molecule has 4 nitrogen and oxygen atoms in total. The molecule has 0 saturated carbocycles. The fourth-order valence-corrected chi connectivity index (χ4v) is 3.80. The highest BCUT2D eigenvalue weighted by molar-refractivity contribution is 5.41. The van der Waals surface area contributed by atoms with E-state index in [-0.39, 0.29) is 11.3 Å². The Hall–Kier alpha value is -2.42. The van der Waals surface area contributed by atoms with Crippen LogP contribution in [0.25, 0.3) is 0 Å². The van der Waals surface area contributed by atoms with Crippen molar-refractivity contribution in [2.75, 3.05) is 7.11 Å². The molecule has 4 atom stereocenters. The van der Waals surface area contributed by atoms with Gasteiger partial charge in [0, 0.05) is 40.9 Å². The van der Waals surface area contributed by atoms with Gasteiger partial charge in [0.2, 0.25) is 5.82 Å². The van der Waals surface area contributed by atoms with Gasteiger partial charge in [-0.1, -0.05) is 13.0 Å². The van der Waals surface area contributed by atoms with Gasteiger partial charge in [-0.2, -0.15) is 17.6 Å². The van der Waals surface area contributed by atoms with Crippen LogP contribution in [0.1, 0.15) is 35.9 Å². The van der Waals surface area contributed by atoms with Crippen molar-refractivity contribution >= 4 is 0 Å². The van der Waals surface area contributed by atoms with Gasteiger partial charge < -0.3 is 14.5 Å². The highest BCUT2D eigenvalue weighted by Crippen LogP contribution is 2.53. The number of aromatic nitrogens is 1. The van der Waals surface area contributed by atoms with E-state index >= 15 is 0 Å². The highest BCUT2D eigenvalue weighted by atomic mass is 19.4. The summed E-state index contributed by atoms with van der Waals surface area (Å²) in [6.45, 7) is 2.90. The van der Waals surface area contributed by atoms with Gasteiger partial charge in [-0.05, 0) is 13.0 Å². The average molecular weight is 403 g/mol. The summed E-state index contributed by atoms with van der Waals surface area (Å²) in [4.78, 5) is 14.7. The van der Waals surface area contributed by atoms with Gasteiger partial charge in [0.25, 0.3) is 0 Å². The number of methoxy groups -OCH3 is 1. The Morgan fingerprint density at radius 2 is 1.86 bits per heavy atom. The first-order chi connectivity index (χ1) is 13.0. The van der Waals surface area contributed by atoms with Crippen molar-refractivity contribution in [2.24, 2.45) is 5.92 Å². The Balaban J connectivity index is 2.20. The first kappa shape index (κ1) is 20.3. The van der Waals surface area contributed by atoms with Crippen LogP contribution in [0.4, 0.5) is 22.0 Å². The first-order valence-electron chi connectivity index (χ1n) is 8.49. The zero-order chi connectivity index (χ0) is 20.8. The van der Waals surface area contributed by atoms with Crippen LogP contribution in [0.2, 0.25) is 0 Å². The lowest BCUT2D eigenvalue weighted by Crippen LogP contribution is -2.33. The van der Waals surface area contributed by atoms with Crippen molar-refractivity contribution in [1.29, 1.82) is 0 Å². The van der Waals surface area contributed by atoms with E-state index in [0.717, 1.165) is 19.2 Å². The molecule has 0 spiro atoms. The molecule has 2 heterocycles. The summed E-state index contributed by atoms with van der Waals surface area (Å²) in [6, 6.07) is 4.44. The SMILES string of the molecule is COc1c([C@H]2[C@@H](C)[C@@H](C(F)(F)F)O[C@@H]2c2cc(=O)cc(C)[nH]2)ccc(F)c1F. The van der Waals surface area contributed by atoms with Crippen molar-refractivity contribution in [2.45, 2.75) is 38.1 Å². The molecule has 1 fully saturated rings. The Morgan fingerprint density at radius 3 is 2.43 bits per heavy atom. The van der Waals surface area contributed by atoms with Gasteiger partial charge in [0.1, 0.15) is 6.10 Å². The molecule has 9 heteroatoms. The molecule has 0 unspecified atom stereocenters. The number of benzene rings is 1. The quantitative estimate of drug-likeness (QED) is 0.774. The van der Waals surface area contributed by atoms with Gasteiger partial charge in [-0.3, -0.25) is 4.79 Å². The largest absolute Gasteiger partial charge is 0.493 e. The summed E-state index contributed by atoms with van der Waals surface area (Å²) in [7, 11) is 1.10. The molecule has 1 aromatic carbocycles. The number of alkyl halides is 3. The molecule has 0 amide bonds. The molecule has 0 radical (unpaired) electrons. The summed E-state index contributed by atoms with van der Waals surface area (Å²) in [5.41, 5.74) is 0.188. The Kier molecular flexibility index (Phi) is 5.22. The highest BCUT2D eigenvalue weighted by Gasteiger charge is 2.56. The number of halogens is 5. The monoisotopic (exact) mass is 403 g/mol. The van der Waals surface area contributed by atoms with E-state index in [4.69, 9.17) is 9.47 Å². The molecule has 2 aromatic rings. The zero-order valence-electron chi connectivity index (χ0n) is 15.2. The number of aryl methyl sites for hydroxylation is 1. The second kappa shape index (κ2) is 7.20. The number of aromatic amines is 1. The fourth-order valence-electron chi connectivity index (χ4n) is 3.80. The van der Waals surface area contributed by atoms with Gasteiger partial charge in [0.15, 0.2) is 23.1 Å². The van der Waals surface area contributed by atoms with Crippen LogP contribution >= 0.6 is 0 Å². The second-order valence-electron chi connectivity index (χ2n) is 6.84. The van der Waals surface area contributed by atoms with E-state index in [1.165, 1.54) is 19.1 Å². The van der Waals surface area contributed by atoms with Crippen molar-refractivity contribution in [3.05, 3.63) is 63.1 Å². The number of ether oxygens (including phenoxy) is 2. The lowest BCUT2D eigenvalue weighted by molar-refractivity contribution is -0.223. The Morgan fingerprint density at radius 1 is 1.18 bits per heavy atom. The minimum Gasteiger partial charge on any atom is -0.493 e. The number of hydrogen-bond donors (Lipinski definition) is 1. The van der Waals surface area contributed by atoms with Crippen LogP contribution < -0.4 is 10.2 Å². The third-order valence-electron chi connectivity index (χ3n) is 4.93. The maximum atomic E-state index is 14.2. The molecule has 0 bridgehead atoms. The molecule has 28 heavy (non-hydrogen) atoms. The Labute approximate surface area is 157 Å². The number of rotatable bonds is 3. The number of H-pyrrole nitrogens is 1. The van der Waals surface area contributed by atoms with Gasteiger partial charge in [0.05, 0.1) is 7.11 Å². The average Bonchev–Trinajstić information content (AvgIpc) is 2.94. The summed E-state index contributed by atoms with van der Waals surface area (Å²) in [5.74, 6) is -5.13. The normalized spacial score (nSPS) is 25.1. The summed E-state index contributed by atoms with van der Waals surface area (Å²) >= 11 is 0. The topological polar surface area (TPSA) is 51.3 Å². The van der Waals surface area contributed by atoms with Gasteiger partial charge >= 0.3 is 6.18 Å². The van der Waals surface area contributed by atoms with Gasteiger partial charge in [-0.25, -0.2) is 4.39 Å². The molecule has 3 rings (SSSR count). The van der Waals surface area contributed by atoms with Gasteiger partial charge in [-0.15, -0.1) is 0 Å². The van der Waals surface area contributed by atoms with Crippen molar-refractivity contribution in [1.82, 2.24) is 4.98 Å². The molecule has 1 aliphatic rings. The predicted octanol–water partition coefficient (Wildman–Crippen LogP) is 4.39.